The number of hydrogen-bond acceptors (Lipinski definition) is 7. The lowest BCUT2D eigenvalue weighted by Crippen LogP contribution is -2.09. The van der Waals surface area contributed by atoms with Gasteiger partial charge in [0, 0.05) is 23.7 Å². The Bertz CT molecular complexity index is 1090. The number of aromatic amines is 1. The van der Waals surface area contributed by atoms with Crippen LogP contribution >= 0.6 is 0 Å². The Morgan fingerprint density at radius 1 is 1.31 bits per heavy atom. The van der Waals surface area contributed by atoms with Crippen molar-refractivity contribution in [2.45, 2.75) is 19.6 Å². The lowest BCUT2D eigenvalue weighted by atomic mass is 10.1. The number of alkyl halides is 3. The van der Waals surface area contributed by atoms with Gasteiger partial charge in [-0.1, -0.05) is 0 Å². The number of halogens is 3. The summed E-state index contributed by atoms with van der Waals surface area (Å²) in [5.41, 5.74) is 7.26. The molecule has 3 N–H and O–H groups in total. The van der Waals surface area contributed by atoms with E-state index < -0.39 is 11.9 Å². The Balaban J connectivity index is 1.69. The molecule has 26 heavy (non-hydrogen) atoms. The summed E-state index contributed by atoms with van der Waals surface area (Å²) in [5.74, 6) is 0. The molecule has 0 aliphatic rings. The smallest absolute Gasteiger partial charge is 0.396 e. The van der Waals surface area contributed by atoms with Gasteiger partial charge in [0.1, 0.15) is 0 Å². The maximum atomic E-state index is 13.0. The van der Waals surface area contributed by atoms with E-state index in [4.69, 9.17) is 5.73 Å². The number of anilines is 1. The van der Waals surface area contributed by atoms with Crippen LogP contribution in [0.5, 0.6) is 0 Å². The van der Waals surface area contributed by atoms with Gasteiger partial charge in [-0.25, -0.2) is 9.61 Å². The van der Waals surface area contributed by atoms with Crippen molar-refractivity contribution in [3.63, 3.8) is 0 Å². The van der Waals surface area contributed by atoms with Crippen LogP contribution in [0.2, 0.25) is 0 Å². The van der Waals surface area contributed by atoms with Crippen LogP contribution in [0.3, 0.4) is 0 Å². The molecule has 0 radical (unpaired) electrons. The van der Waals surface area contributed by atoms with E-state index in [2.05, 4.69) is 35.2 Å². The minimum atomic E-state index is -4.57. The van der Waals surface area contributed by atoms with Crippen LogP contribution in [-0.2, 0) is 12.7 Å². The SMILES string of the molecule is Cc1nc2nonc2c(N)c1Cn1ccc(-c2c[nH]nc2C(F)(F)F)n1. The normalized spacial score (nSPS) is 12.2. The third kappa shape index (κ3) is 2.55. The Morgan fingerprint density at radius 2 is 2.12 bits per heavy atom. The number of nitrogens with two attached hydrogens (primary N) is 1. The molecule has 0 aliphatic heterocycles. The summed E-state index contributed by atoms with van der Waals surface area (Å²) in [4.78, 5) is 4.24. The number of hydrogen-bond donors (Lipinski definition) is 2. The summed E-state index contributed by atoms with van der Waals surface area (Å²) in [6.45, 7) is 1.94. The molecule has 4 aromatic rings. The average molecular weight is 364 g/mol. The molecule has 0 spiro atoms. The number of pyridine rings is 1. The molecule has 9 nitrogen and oxygen atoms in total. The van der Waals surface area contributed by atoms with Gasteiger partial charge in [-0.05, 0) is 23.3 Å². The van der Waals surface area contributed by atoms with E-state index in [0.29, 0.717) is 22.5 Å². The van der Waals surface area contributed by atoms with Gasteiger partial charge in [-0.3, -0.25) is 9.78 Å². The van der Waals surface area contributed by atoms with Crippen LogP contribution in [0.4, 0.5) is 18.9 Å². The maximum Gasteiger partial charge on any atom is 0.435 e. The van der Waals surface area contributed by atoms with Crippen LogP contribution in [0.25, 0.3) is 22.4 Å². The average Bonchev–Trinajstić information content (AvgIpc) is 3.29. The molecule has 0 saturated carbocycles. The molecule has 12 heteroatoms. The highest BCUT2D eigenvalue weighted by Gasteiger charge is 2.37. The van der Waals surface area contributed by atoms with Crippen molar-refractivity contribution in [2.75, 3.05) is 5.73 Å². The molecule has 0 bridgehead atoms. The first-order valence-corrected chi connectivity index (χ1v) is 7.36. The van der Waals surface area contributed by atoms with Crippen molar-refractivity contribution in [3.05, 3.63) is 35.4 Å². The zero-order chi connectivity index (χ0) is 18.5. The van der Waals surface area contributed by atoms with Gasteiger partial charge >= 0.3 is 6.18 Å². The quantitative estimate of drug-likeness (QED) is 0.571. The second-order valence-electron chi connectivity index (χ2n) is 5.57. The number of nitrogen functional groups attached to an aromatic ring is 1. The second-order valence-corrected chi connectivity index (χ2v) is 5.57. The van der Waals surface area contributed by atoms with Crippen molar-refractivity contribution >= 4 is 16.9 Å². The Kier molecular flexibility index (Phi) is 3.42. The molecule has 0 atom stereocenters. The highest BCUT2D eigenvalue weighted by atomic mass is 19.4. The van der Waals surface area contributed by atoms with Crippen LogP contribution in [0.1, 0.15) is 17.0 Å². The summed E-state index contributed by atoms with van der Waals surface area (Å²) >= 11 is 0. The number of H-pyrrole nitrogens is 1. The molecule has 0 aromatic carbocycles. The number of nitrogens with zero attached hydrogens (tertiary/aromatic N) is 6. The molecule has 134 valence electrons. The van der Waals surface area contributed by atoms with E-state index in [1.54, 1.807) is 13.1 Å². The van der Waals surface area contributed by atoms with Gasteiger partial charge in [0.2, 0.25) is 5.65 Å². The first-order valence-electron chi connectivity index (χ1n) is 7.36. The van der Waals surface area contributed by atoms with Gasteiger partial charge in [-0.2, -0.15) is 23.4 Å². The highest BCUT2D eigenvalue weighted by Crippen LogP contribution is 2.34. The third-order valence-electron chi connectivity index (χ3n) is 3.91. The van der Waals surface area contributed by atoms with Gasteiger partial charge in [0.25, 0.3) is 0 Å². The van der Waals surface area contributed by atoms with Crippen molar-refractivity contribution in [3.8, 4) is 11.3 Å². The number of aryl methyl sites for hydroxylation is 1. The van der Waals surface area contributed by atoms with Gasteiger partial charge in [0.15, 0.2) is 11.2 Å². The summed E-state index contributed by atoms with van der Waals surface area (Å²) in [6, 6.07) is 1.47. The number of fused-ring (bicyclic) bond motifs is 1. The number of rotatable bonds is 3. The lowest BCUT2D eigenvalue weighted by Gasteiger charge is -2.08. The molecular formula is C14H11F3N8O. The van der Waals surface area contributed by atoms with Gasteiger partial charge in [-0.15, -0.1) is 0 Å². The zero-order valence-electron chi connectivity index (χ0n) is 13.2. The fourth-order valence-electron chi connectivity index (χ4n) is 2.65. The minimum absolute atomic E-state index is 0.129. The van der Waals surface area contributed by atoms with Crippen LogP contribution in [-0.4, -0.2) is 35.3 Å². The Morgan fingerprint density at radius 3 is 2.88 bits per heavy atom. The predicted octanol–water partition coefficient (Wildman–Crippen LogP) is 2.16. The molecular weight excluding hydrogens is 353 g/mol. The van der Waals surface area contributed by atoms with E-state index >= 15 is 0 Å². The predicted molar refractivity (Wildman–Crippen MR) is 82.7 cm³/mol. The fourth-order valence-corrected chi connectivity index (χ4v) is 2.65. The van der Waals surface area contributed by atoms with E-state index in [9.17, 15) is 13.2 Å². The number of nitrogens with one attached hydrogen (secondary N) is 1. The summed E-state index contributed by atoms with van der Waals surface area (Å²) in [7, 11) is 0. The summed E-state index contributed by atoms with van der Waals surface area (Å²) in [5, 5.41) is 17.0. The fraction of sp³-hybridized carbons (Fsp3) is 0.214. The van der Waals surface area contributed by atoms with Crippen LogP contribution in [0.15, 0.2) is 23.1 Å². The molecule has 0 aliphatic carbocycles. The van der Waals surface area contributed by atoms with Crippen molar-refractivity contribution < 1.29 is 17.8 Å². The molecule has 0 saturated heterocycles. The van der Waals surface area contributed by atoms with Gasteiger partial charge in [0.05, 0.1) is 23.5 Å². The maximum absolute atomic E-state index is 13.0. The lowest BCUT2D eigenvalue weighted by molar-refractivity contribution is -0.140. The Hall–Kier alpha value is -3.44. The minimum Gasteiger partial charge on any atom is -0.396 e. The standard InChI is InChI=1S/C14H11F3N8O/c1-6-8(10(18)11-13(20-6)24-26-23-11)5-25-3-2-9(22-25)7-4-19-21-12(7)14(15,16)17/h2-4H,5,18H2,1H3,(H,19,21). The second kappa shape index (κ2) is 5.54. The van der Waals surface area contributed by atoms with E-state index in [-0.39, 0.29) is 23.4 Å². The van der Waals surface area contributed by atoms with Crippen LogP contribution < -0.4 is 5.73 Å². The largest absolute Gasteiger partial charge is 0.435 e. The number of aromatic nitrogens is 7. The highest BCUT2D eigenvalue weighted by molar-refractivity contribution is 5.85. The third-order valence-corrected chi connectivity index (χ3v) is 3.91. The van der Waals surface area contributed by atoms with E-state index in [1.165, 1.54) is 10.7 Å². The van der Waals surface area contributed by atoms with Crippen molar-refractivity contribution in [1.29, 1.82) is 0 Å². The summed E-state index contributed by atoms with van der Waals surface area (Å²) < 4.78 is 45.0. The zero-order valence-corrected chi connectivity index (χ0v) is 13.2. The van der Waals surface area contributed by atoms with E-state index in [1.807, 2.05) is 0 Å². The Labute approximate surface area is 143 Å². The molecule has 4 aromatic heterocycles. The van der Waals surface area contributed by atoms with Crippen LogP contribution in [0, 0.1) is 6.92 Å². The first kappa shape index (κ1) is 16.1. The molecule has 0 fully saturated rings. The summed E-state index contributed by atoms with van der Waals surface area (Å²) in [6.07, 6.45) is -1.87. The molecule has 4 heterocycles. The molecule has 4 rings (SSSR count). The van der Waals surface area contributed by atoms with E-state index in [0.717, 1.165) is 6.20 Å². The molecule has 0 amide bonds. The topological polar surface area (TPSA) is 124 Å². The van der Waals surface area contributed by atoms with Crippen molar-refractivity contribution in [2.24, 2.45) is 0 Å². The monoisotopic (exact) mass is 364 g/mol. The van der Waals surface area contributed by atoms with Crippen molar-refractivity contribution in [1.82, 2.24) is 35.3 Å². The first-order chi connectivity index (χ1) is 12.3. The van der Waals surface area contributed by atoms with Gasteiger partial charge < -0.3 is 5.73 Å². The molecule has 0 unspecified atom stereocenters.